The van der Waals surface area contributed by atoms with Crippen LogP contribution in [0.3, 0.4) is 0 Å². The molecule has 0 spiro atoms. The zero-order valence-electron chi connectivity index (χ0n) is 36.0. The van der Waals surface area contributed by atoms with Crippen molar-refractivity contribution in [2.75, 3.05) is 26.4 Å². The van der Waals surface area contributed by atoms with E-state index in [0.29, 0.717) is 12.8 Å². The van der Waals surface area contributed by atoms with Crippen LogP contribution in [0.4, 0.5) is 0 Å². The first kappa shape index (κ1) is 54.9. The van der Waals surface area contributed by atoms with Crippen molar-refractivity contribution in [3.05, 3.63) is 48.6 Å². The highest BCUT2D eigenvalue weighted by molar-refractivity contribution is 7.47. The summed E-state index contributed by atoms with van der Waals surface area (Å²) in [5, 5.41) is 19.2. The molecule has 57 heavy (non-hydrogen) atoms. The number of hydrogen-bond donors (Lipinski definition) is 3. The zero-order chi connectivity index (χ0) is 41.9. The highest BCUT2D eigenvalue weighted by Gasteiger charge is 2.27. The first-order valence-electron chi connectivity index (χ1n) is 22.6. The molecule has 332 valence electrons. The Hall–Kier alpha value is -2.07. The maximum absolute atomic E-state index is 12.4. The summed E-state index contributed by atoms with van der Waals surface area (Å²) in [6, 6.07) is 0. The van der Waals surface area contributed by atoms with E-state index < -0.39 is 58.4 Å². The molecule has 0 aliphatic heterocycles. The lowest BCUT2D eigenvalue weighted by molar-refractivity contribution is -0.153. The summed E-state index contributed by atoms with van der Waals surface area (Å²) in [4.78, 5) is 34.5. The monoisotopic (exact) mass is 827 g/mol. The van der Waals surface area contributed by atoms with Gasteiger partial charge in [-0.1, -0.05) is 159 Å². The average Bonchev–Trinajstić information content (AvgIpc) is 3.20. The van der Waals surface area contributed by atoms with Crippen molar-refractivity contribution in [1.82, 2.24) is 0 Å². The summed E-state index contributed by atoms with van der Waals surface area (Å²) in [6.07, 6.45) is 45.1. The summed E-state index contributed by atoms with van der Waals surface area (Å²) >= 11 is 0. The normalized spacial score (nSPS) is 14.3. The van der Waals surface area contributed by atoms with Crippen LogP contribution in [-0.4, -0.2) is 65.7 Å². The van der Waals surface area contributed by atoms with Crippen molar-refractivity contribution >= 4 is 19.8 Å². The van der Waals surface area contributed by atoms with Crippen LogP contribution in [0.2, 0.25) is 0 Å². The number of aliphatic hydroxyl groups is 2. The zero-order valence-corrected chi connectivity index (χ0v) is 36.9. The Morgan fingerprint density at radius 3 is 1.21 bits per heavy atom. The first-order chi connectivity index (χ1) is 27.8. The molecule has 0 aromatic heterocycles. The van der Waals surface area contributed by atoms with Crippen LogP contribution in [0.25, 0.3) is 0 Å². The number of unbranched alkanes of at least 4 members (excludes halogenated alkanes) is 20. The third-order valence-electron chi connectivity index (χ3n) is 9.53. The molecule has 0 rings (SSSR count). The molecule has 0 saturated heterocycles. The predicted octanol–water partition coefficient (Wildman–Crippen LogP) is 12.1. The van der Waals surface area contributed by atoms with Gasteiger partial charge < -0.3 is 24.6 Å². The van der Waals surface area contributed by atoms with E-state index in [9.17, 15) is 29.3 Å². The number of phosphoric ester groups is 1. The van der Waals surface area contributed by atoms with Crippen LogP contribution in [-0.2, 0) is 32.7 Å². The number of ether oxygens (including phenoxy) is 2. The average molecular weight is 827 g/mol. The number of carbonyl (C=O) groups excluding carboxylic acids is 2. The maximum atomic E-state index is 12.4. The Balaban J connectivity index is 3.91. The van der Waals surface area contributed by atoms with Crippen LogP contribution in [0.15, 0.2) is 48.6 Å². The summed E-state index contributed by atoms with van der Waals surface area (Å²) < 4.78 is 32.6. The van der Waals surface area contributed by atoms with Gasteiger partial charge in [-0.05, 0) is 70.6 Å². The summed E-state index contributed by atoms with van der Waals surface area (Å²) in [6.45, 7) is 2.08. The lowest BCUT2D eigenvalue weighted by atomic mass is 10.1. The Bertz CT molecular complexity index is 1090. The molecule has 0 amide bonds. The van der Waals surface area contributed by atoms with Crippen molar-refractivity contribution in [3.8, 4) is 0 Å². The first-order valence-corrected chi connectivity index (χ1v) is 24.1. The fourth-order valence-corrected chi connectivity index (χ4v) is 6.85. The Kier molecular flexibility index (Phi) is 40.5. The number of allylic oxidation sites excluding steroid dienone is 8. The molecular weight excluding hydrogens is 743 g/mol. The smallest absolute Gasteiger partial charge is 0.457 e. The largest absolute Gasteiger partial charge is 0.472 e. The third-order valence-corrected chi connectivity index (χ3v) is 10.5. The van der Waals surface area contributed by atoms with Crippen LogP contribution in [0.5, 0.6) is 0 Å². The molecule has 3 unspecified atom stereocenters. The van der Waals surface area contributed by atoms with Crippen molar-refractivity contribution in [2.45, 2.75) is 206 Å². The van der Waals surface area contributed by atoms with Gasteiger partial charge in [-0.15, -0.1) is 0 Å². The van der Waals surface area contributed by atoms with Crippen LogP contribution < -0.4 is 0 Å². The van der Waals surface area contributed by atoms with Gasteiger partial charge in [-0.25, -0.2) is 4.57 Å². The van der Waals surface area contributed by atoms with E-state index in [1.165, 1.54) is 83.5 Å². The molecule has 0 aromatic carbocycles. The van der Waals surface area contributed by atoms with E-state index in [1.807, 2.05) is 0 Å². The standard InChI is InChI=1S/C46H83O10P/c1-3-5-7-9-11-13-15-17-19-20-21-22-24-26-28-30-32-34-36-38-46(50)56-44(40-48)42-54-57(51,52)53-41-43(39-47)55-45(49)37-35-33-31-29-27-25-23-18-16-14-12-10-8-6-4-2/h6,8,12,14,17-19,23,43-44,47-48H,3-5,7,9-11,13,15-16,20-22,24-42H2,1-2H3,(H,51,52)/b8-6-,14-12-,19-17-,23-18-. The van der Waals surface area contributed by atoms with Gasteiger partial charge in [0.15, 0.2) is 0 Å². The summed E-state index contributed by atoms with van der Waals surface area (Å²) in [5.41, 5.74) is 0. The van der Waals surface area contributed by atoms with Gasteiger partial charge in [0.05, 0.1) is 26.4 Å². The Labute approximate surface area is 347 Å². The van der Waals surface area contributed by atoms with E-state index in [0.717, 1.165) is 70.6 Å². The van der Waals surface area contributed by atoms with E-state index in [1.54, 1.807) is 0 Å². The third kappa shape index (κ3) is 40.5. The minimum absolute atomic E-state index is 0.171. The van der Waals surface area contributed by atoms with Gasteiger partial charge in [0.1, 0.15) is 12.2 Å². The quantitative estimate of drug-likeness (QED) is 0.0235. The minimum Gasteiger partial charge on any atom is -0.457 e. The number of hydrogen-bond acceptors (Lipinski definition) is 9. The maximum Gasteiger partial charge on any atom is 0.472 e. The molecule has 0 fully saturated rings. The highest BCUT2D eigenvalue weighted by Crippen LogP contribution is 2.43. The van der Waals surface area contributed by atoms with Crippen molar-refractivity contribution in [1.29, 1.82) is 0 Å². The van der Waals surface area contributed by atoms with E-state index in [4.69, 9.17) is 18.5 Å². The van der Waals surface area contributed by atoms with Crippen LogP contribution in [0.1, 0.15) is 194 Å². The van der Waals surface area contributed by atoms with Gasteiger partial charge in [0.2, 0.25) is 0 Å². The van der Waals surface area contributed by atoms with Gasteiger partial charge in [0.25, 0.3) is 0 Å². The fraction of sp³-hybridized carbons (Fsp3) is 0.783. The second-order valence-electron chi connectivity index (χ2n) is 15.0. The Morgan fingerprint density at radius 2 is 0.825 bits per heavy atom. The molecule has 0 aromatic rings. The summed E-state index contributed by atoms with van der Waals surface area (Å²) in [7, 11) is -4.64. The van der Waals surface area contributed by atoms with Crippen LogP contribution in [0, 0.1) is 0 Å². The van der Waals surface area contributed by atoms with Gasteiger partial charge in [-0.3, -0.25) is 18.6 Å². The van der Waals surface area contributed by atoms with Crippen molar-refractivity contribution < 1.29 is 47.8 Å². The van der Waals surface area contributed by atoms with E-state index in [-0.39, 0.29) is 12.8 Å². The molecule has 3 atom stereocenters. The SMILES string of the molecule is CC/C=C\C/C=C\C/C=C\CCCCCCCC(=O)OC(CO)COP(=O)(O)OCC(CO)OC(=O)CCCCCCCCCCC/C=C\CCCCCCCC. The Morgan fingerprint density at radius 1 is 0.491 bits per heavy atom. The molecule has 11 heteroatoms. The molecule has 0 heterocycles. The topological polar surface area (TPSA) is 149 Å². The molecule has 10 nitrogen and oxygen atoms in total. The molecule has 0 radical (unpaired) electrons. The molecule has 0 saturated carbocycles. The molecule has 3 N–H and O–H groups in total. The van der Waals surface area contributed by atoms with E-state index in [2.05, 4.69) is 62.5 Å². The molecular formula is C46H83O10P. The van der Waals surface area contributed by atoms with Gasteiger partial charge in [0, 0.05) is 12.8 Å². The number of phosphoric acid groups is 1. The summed E-state index contributed by atoms with van der Waals surface area (Å²) in [5.74, 6) is -1.04. The number of carbonyl (C=O) groups is 2. The number of aliphatic hydroxyl groups excluding tert-OH is 2. The fourth-order valence-electron chi connectivity index (χ4n) is 6.07. The van der Waals surface area contributed by atoms with Crippen LogP contribution >= 0.6 is 7.82 Å². The molecule has 0 bridgehead atoms. The number of esters is 2. The predicted molar refractivity (Wildman–Crippen MR) is 233 cm³/mol. The van der Waals surface area contributed by atoms with Gasteiger partial charge >= 0.3 is 19.8 Å². The minimum atomic E-state index is -4.64. The molecule has 0 aliphatic rings. The lowest BCUT2D eigenvalue weighted by Gasteiger charge is -2.20. The van der Waals surface area contributed by atoms with Crippen molar-refractivity contribution in [3.63, 3.8) is 0 Å². The lowest BCUT2D eigenvalue weighted by Crippen LogP contribution is -2.28. The molecule has 0 aliphatic carbocycles. The second kappa shape index (κ2) is 42.1. The second-order valence-corrected chi connectivity index (χ2v) is 16.5. The number of rotatable bonds is 42. The van der Waals surface area contributed by atoms with E-state index >= 15 is 0 Å². The van der Waals surface area contributed by atoms with Gasteiger partial charge in [-0.2, -0.15) is 0 Å². The highest BCUT2D eigenvalue weighted by atomic mass is 31.2. The van der Waals surface area contributed by atoms with Crippen molar-refractivity contribution in [2.24, 2.45) is 0 Å².